The number of hydrogen-bond acceptors (Lipinski definition) is 3. The van der Waals surface area contributed by atoms with Crippen molar-refractivity contribution in [2.24, 2.45) is 0 Å². The Hall–Kier alpha value is -1.22. The predicted molar refractivity (Wildman–Crippen MR) is 75.4 cm³/mol. The third-order valence-electron chi connectivity index (χ3n) is 3.01. The second-order valence-electron chi connectivity index (χ2n) is 4.32. The summed E-state index contributed by atoms with van der Waals surface area (Å²) in [5, 5.41) is 3.30. The molecule has 1 aromatic carbocycles. The molecule has 102 valence electrons. The van der Waals surface area contributed by atoms with Crippen molar-refractivity contribution in [2.45, 2.75) is 46.3 Å². The van der Waals surface area contributed by atoms with Crippen molar-refractivity contribution in [3.8, 4) is 11.5 Å². The maximum atomic E-state index is 5.95. The Balaban J connectivity index is 2.79. The first-order valence-electron chi connectivity index (χ1n) is 6.79. The molecular formula is C15H25NO2. The highest BCUT2D eigenvalue weighted by atomic mass is 16.5. The zero-order valence-electron chi connectivity index (χ0n) is 12.0. The number of hydrogen-bond donors (Lipinski definition) is 1. The molecule has 18 heavy (non-hydrogen) atoms. The topological polar surface area (TPSA) is 30.5 Å². The Morgan fingerprint density at radius 1 is 1.11 bits per heavy atom. The Morgan fingerprint density at radius 3 is 2.39 bits per heavy atom. The van der Waals surface area contributed by atoms with E-state index in [1.54, 1.807) is 7.11 Å². The lowest BCUT2D eigenvalue weighted by molar-refractivity contribution is 0.185. The normalized spacial score (nSPS) is 10.7. The van der Waals surface area contributed by atoms with Crippen molar-refractivity contribution in [2.75, 3.05) is 13.7 Å². The molecule has 1 aromatic rings. The zero-order valence-corrected chi connectivity index (χ0v) is 12.0. The van der Waals surface area contributed by atoms with Gasteiger partial charge in [0.1, 0.15) is 0 Å². The Labute approximate surface area is 110 Å². The molecule has 0 saturated carbocycles. The average molecular weight is 251 g/mol. The van der Waals surface area contributed by atoms with Crippen molar-refractivity contribution in [1.29, 1.82) is 0 Å². The molecule has 0 aliphatic rings. The van der Waals surface area contributed by atoms with Gasteiger partial charge in [0.25, 0.3) is 0 Å². The molecule has 0 atom stereocenters. The van der Waals surface area contributed by atoms with E-state index in [0.717, 1.165) is 37.4 Å². The summed E-state index contributed by atoms with van der Waals surface area (Å²) in [7, 11) is 1.69. The molecule has 1 N–H and O–H groups in total. The van der Waals surface area contributed by atoms with E-state index in [2.05, 4.69) is 32.2 Å². The fourth-order valence-electron chi connectivity index (χ4n) is 1.82. The van der Waals surface area contributed by atoms with Gasteiger partial charge >= 0.3 is 0 Å². The van der Waals surface area contributed by atoms with Crippen molar-refractivity contribution in [3.05, 3.63) is 23.8 Å². The summed E-state index contributed by atoms with van der Waals surface area (Å²) in [6.07, 6.45) is 2.29. The van der Waals surface area contributed by atoms with E-state index in [-0.39, 0.29) is 6.10 Å². The number of methoxy groups -OCH3 is 1. The minimum atomic E-state index is 0.263. The SMILES string of the molecule is CCNCc1ccc(OC(CC)CC)c(OC)c1. The Morgan fingerprint density at radius 2 is 1.83 bits per heavy atom. The number of benzene rings is 1. The van der Waals surface area contributed by atoms with Crippen LogP contribution in [0.3, 0.4) is 0 Å². The minimum absolute atomic E-state index is 0.263. The molecule has 0 saturated heterocycles. The van der Waals surface area contributed by atoms with E-state index in [1.807, 2.05) is 12.1 Å². The van der Waals surface area contributed by atoms with Crippen LogP contribution in [0.1, 0.15) is 39.2 Å². The Bertz CT molecular complexity index is 348. The second kappa shape index (κ2) is 7.98. The van der Waals surface area contributed by atoms with Crippen LogP contribution in [-0.4, -0.2) is 19.8 Å². The minimum Gasteiger partial charge on any atom is -0.493 e. The van der Waals surface area contributed by atoms with Crippen LogP contribution in [0.25, 0.3) is 0 Å². The molecule has 0 fully saturated rings. The van der Waals surface area contributed by atoms with Crippen LogP contribution in [0.15, 0.2) is 18.2 Å². The van der Waals surface area contributed by atoms with Gasteiger partial charge in [0.05, 0.1) is 13.2 Å². The molecule has 0 aliphatic carbocycles. The molecule has 0 bridgehead atoms. The van der Waals surface area contributed by atoms with E-state index in [9.17, 15) is 0 Å². The van der Waals surface area contributed by atoms with Gasteiger partial charge in [0.15, 0.2) is 11.5 Å². The van der Waals surface area contributed by atoms with Gasteiger partial charge in [0, 0.05) is 6.54 Å². The van der Waals surface area contributed by atoms with Crippen LogP contribution in [0, 0.1) is 0 Å². The smallest absolute Gasteiger partial charge is 0.161 e. The number of nitrogens with one attached hydrogen (secondary N) is 1. The second-order valence-corrected chi connectivity index (χ2v) is 4.32. The van der Waals surface area contributed by atoms with E-state index >= 15 is 0 Å². The highest BCUT2D eigenvalue weighted by molar-refractivity contribution is 5.43. The first kappa shape index (κ1) is 14.8. The summed E-state index contributed by atoms with van der Waals surface area (Å²) in [6.45, 7) is 8.20. The quantitative estimate of drug-likeness (QED) is 0.768. The average Bonchev–Trinajstić information content (AvgIpc) is 2.43. The molecule has 1 rings (SSSR count). The first-order valence-corrected chi connectivity index (χ1v) is 6.79. The van der Waals surface area contributed by atoms with Crippen molar-refractivity contribution in [1.82, 2.24) is 5.32 Å². The van der Waals surface area contributed by atoms with Crippen molar-refractivity contribution in [3.63, 3.8) is 0 Å². The summed E-state index contributed by atoms with van der Waals surface area (Å²) in [6, 6.07) is 6.13. The van der Waals surface area contributed by atoms with Gasteiger partial charge in [-0.1, -0.05) is 26.8 Å². The molecule has 0 amide bonds. The van der Waals surface area contributed by atoms with Gasteiger partial charge < -0.3 is 14.8 Å². The third kappa shape index (κ3) is 4.22. The van der Waals surface area contributed by atoms with Crippen LogP contribution in [0.2, 0.25) is 0 Å². The number of ether oxygens (including phenoxy) is 2. The van der Waals surface area contributed by atoms with Gasteiger partial charge in [-0.25, -0.2) is 0 Å². The molecule has 0 radical (unpaired) electrons. The summed E-state index contributed by atoms with van der Waals surface area (Å²) in [5.74, 6) is 1.66. The lowest BCUT2D eigenvalue weighted by atomic mass is 10.2. The highest BCUT2D eigenvalue weighted by Crippen LogP contribution is 2.29. The van der Waals surface area contributed by atoms with Crippen LogP contribution in [0.4, 0.5) is 0 Å². The summed E-state index contributed by atoms with van der Waals surface area (Å²) in [4.78, 5) is 0. The number of rotatable bonds is 8. The van der Waals surface area contributed by atoms with E-state index in [0.29, 0.717) is 0 Å². The fourth-order valence-corrected chi connectivity index (χ4v) is 1.82. The summed E-state index contributed by atoms with van der Waals surface area (Å²) >= 11 is 0. The van der Waals surface area contributed by atoms with Crippen LogP contribution < -0.4 is 14.8 Å². The van der Waals surface area contributed by atoms with Gasteiger partial charge in [-0.05, 0) is 37.1 Å². The monoisotopic (exact) mass is 251 g/mol. The standard InChI is InChI=1S/C15H25NO2/c1-5-13(6-2)18-14-9-8-12(11-16-7-3)10-15(14)17-4/h8-10,13,16H,5-7,11H2,1-4H3. The van der Waals surface area contributed by atoms with Gasteiger partial charge in [-0.3, -0.25) is 0 Å². The predicted octanol–water partition coefficient (Wildman–Crippen LogP) is 3.37. The highest BCUT2D eigenvalue weighted by Gasteiger charge is 2.10. The van der Waals surface area contributed by atoms with Crippen LogP contribution in [0.5, 0.6) is 11.5 Å². The first-order chi connectivity index (χ1) is 8.74. The third-order valence-corrected chi connectivity index (χ3v) is 3.01. The molecule has 3 nitrogen and oxygen atoms in total. The Kier molecular flexibility index (Phi) is 6.58. The van der Waals surface area contributed by atoms with Gasteiger partial charge in [-0.2, -0.15) is 0 Å². The summed E-state index contributed by atoms with van der Waals surface area (Å²) < 4.78 is 11.4. The van der Waals surface area contributed by atoms with Crippen LogP contribution >= 0.6 is 0 Å². The van der Waals surface area contributed by atoms with E-state index in [4.69, 9.17) is 9.47 Å². The van der Waals surface area contributed by atoms with Gasteiger partial charge in [-0.15, -0.1) is 0 Å². The summed E-state index contributed by atoms with van der Waals surface area (Å²) in [5.41, 5.74) is 1.21. The largest absolute Gasteiger partial charge is 0.493 e. The lowest BCUT2D eigenvalue weighted by Crippen LogP contribution is -2.15. The van der Waals surface area contributed by atoms with Crippen molar-refractivity contribution < 1.29 is 9.47 Å². The van der Waals surface area contributed by atoms with E-state index < -0.39 is 0 Å². The molecule has 0 unspecified atom stereocenters. The molecular weight excluding hydrogens is 226 g/mol. The van der Waals surface area contributed by atoms with Crippen molar-refractivity contribution >= 4 is 0 Å². The maximum Gasteiger partial charge on any atom is 0.161 e. The van der Waals surface area contributed by atoms with Gasteiger partial charge in [0.2, 0.25) is 0 Å². The molecule has 0 aromatic heterocycles. The zero-order chi connectivity index (χ0) is 13.4. The fraction of sp³-hybridized carbons (Fsp3) is 0.600. The maximum absolute atomic E-state index is 5.95. The lowest BCUT2D eigenvalue weighted by Gasteiger charge is -2.18. The molecule has 0 heterocycles. The van der Waals surface area contributed by atoms with Crippen LogP contribution in [-0.2, 0) is 6.54 Å². The molecule has 0 aliphatic heterocycles. The van der Waals surface area contributed by atoms with E-state index in [1.165, 1.54) is 5.56 Å². The molecule has 3 heteroatoms. The molecule has 0 spiro atoms.